The van der Waals surface area contributed by atoms with Crippen molar-refractivity contribution in [1.29, 1.82) is 0 Å². The van der Waals surface area contributed by atoms with E-state index in [9.17, 15) is 14.4 Å². The molecule has 2 aliphatic heterocycles. The lowest BCUT2D eigenvalue weighted by Gasteiger charge is -2.44. The van der Waals surface area contributed by atoms with Gasteiger partial charge in [-0.1, -0.05) is 96.0 Å². The second-order valence-corrected chi connectivity index (χ2v) is 16.8. The summed E-state index contributed by atoms with van der Waals surface area (Å²) >= 11 is 6.26. The Balaban J connectivity index is 1.39. The number of ether oxygens (including phenoxy) is 5. The predicted molar refractivity (Wildman–Crippen MR) is 234 cm³/mol. The zero-order valence-corrected chi connectivity index (χ0v) is 37.0. The summed E-state index contributed by atoms with van der Waals surface area (Å²) in [6.07, 6.45) is 1.67. The van der Waals surface area contributed by atoms with Crippen LogP contribution in [0.15, 0.2) is 66.7 Å². The number of nitrogens with zero attached hydrogens (tertiary/aromatic N) is 2. The van der Waals surface area contributed by atoms with E-state index in [0.717, 1.165) is 54.1 Å². The number of carbonyl (C=O) groups is 3. The first kappa shape index (κ1) is 46.7. The van der Waals surface area contributed by atoms with Crippen LogP contribution in [-0.2, 0) is 41.8 Å². The summed E-state index contributed by atoms with van der Waals surface area (Å²) in [6, 6.07) is 19.8. The lowest BCUT2D eigenvalue weighted by Crippen LogP contribution is -2.59. The lowest BCUT2D eigenvalue weighted by atomic mass is 9.83. The van der Waals surface area contributed by atoms with Crippen LogP contribution in [0.25, 0.3) is 0 Å². The third-order valence-corrected chi connectivity index (χ3v) is 11.5. The fourth-order valence-corrected chi connectivity index (χ4v) is 7.66. The number of piperidine rings is 1. The van der Waals surface area contributed by atoms with Crippen LogP contribution in [-0.4, -0.2) is 93.0 Å². The highest BCUT2D eigenvalue weighted by Crippen LogP contribution is 2.37. The summed E-state index contributed by atoms with van der Waals surface area (Å²) in [4.78, 5) is 44.5. The summed E-state index contributed by atoms with van der Waals surface area (Å²) in [5.41, 5.74) is 10.2. The number of amides is 2. The molecule has 3 aromatic rings. The third kappa shape index (κ3) is 12.8. The molecule has 328 valence electrons. The van der Waals surface area contributed by atoms with Crippen LogP contribution in [0.2, 0.25) is 5.02 Å². The summed E-state index contributed by atoms with van der Waals surface area (Å²) in [7, 11) is 0. The molecule has 13 heteroatoms. The van der Waals surface area contributed by atoms with Gasteiger partial charge >= 0.3 is 5.97 Å². The van der Waals surface area contributed by atoms with Crippen molar-refractivity contribution in [3.63, 3.8) is 0 Å². The van der Waals surface area contributed by atoms with E-state index in [1.165, 1.54) is 0 Å². The van der Waals surface area contributed by atoms with Gasteiger partial charge in [0, 0.05) is 31.0 Å². The van der Waals surface area contributed by atoms with Crippen LogP contribution in [0.1, 0.15) is 89.8 Å². The first-order chi connectivity index (χ1) is 28.9. The molecule has 5 rings (SSSR count). The maximum Gasteiger partial charge on any atom is 0.329 e. The maximum absolute atomic E-state index is 14.0. The number of fused-ring (bicyclic) bond motifs is 1. The molecule has 1 saturated heterocycles. The molecule has 2 aliphatic rings. The number of esters is 1. The average Bonchev–Trinajstić information content (AvgIpc) is 3.25. The Hall–Kier alpha value is -4.36. The molecule has 0 spiro atoms. The molecular weight excluding hydrogens is 784 g/mol. The Morgan fingerprint density at radius 2 is 1.67 bits per heavy atom. The van der Waals surface area contributed by atoms with Crippen LogP contribution in [0.4, 0.5) is 5.69 Å². The van der Waals surface area contributed by atoms with Gasteiger partial charge in [-0.05, 0) is 65.3 Å². The molecule has 0 bridgehead atoms. The first-order valence-electron chi connectivity index (χ1n) is 21.6. The zero-order chi connectivity index (χ0) is 43.2. The number of unbranched alkanes of at least 4 members (excludes halogenated alkanes) is 1. The molecule has 60 heavy (non-hydrogen) atoms. The van der Waals surface area contributed by atoms with Gasteiger partial charge in [0.1, 0.15) is 30.3 Å². The number of halogens is 1. The van der Waals surface area contributed by atoms with Gasteiger partial charge < -0.3 is 44.5 Å². The number of benzene rings is 3. The summed E-state index contributed by atoms with van der Waals surface area (Å²) in [5, 5.41) is 3.52. The number of likely N-dealkylation sites (tertiary alicyclic amines) is 1. The minimum atomic E-state index is -0.876. The average molecular weight is 850 g/mol. The van der Waals surface area contributed by atoms with E-state index < -0.39 is 36.2 Å². The molecule has 1 unspecified atom stereocenters. The van der Waals surface area contributed by atoms with Crippen molar-refractivity contribution in [1.82, 2.24) is 10.2 Å². The number of hydrogen-bond donors (Lipinski definition) is 2. The highest BCUT2D eigenvalue weighted by atomic mass is 35.5. The van der Waals surface area contributed by atoms with E-state index in [1.54, 1.807) is 11.8 Å². The highest BCUT2D eigenvalue weighted by molar-refractivity contribution is 6.31. The standard InChI is InChI=1S/C47H65ClN4O8/c1-7-9-21-51-22-25-58-39-20-15-33(26-38(39)51)29-59-40-27-52(46(54)44(49)31(3)4)28-41(60-47(55)45(32(5)6)50-42(53)8-2)43(40)34-16-18-36(19-17-34)57-24-12-23-56-30-35-13-10-11-14-37(35)48/h10-11,13-20,26,31-32,40-41,43-45H,7-9,12,21-25,27-30,49H2,1-6H3,(H,50,53)/t40-,41?,43+,44-,45-/m0/s1. The van der Waals surface area contributed by atoms with Crippen molar-refractivity contribution < 1.29 is 38.1 Å². The third-order valence-electron chi connectivity index (χ3n) is 11.2. The molecule has 3 N–H and O–H groups in total. The Morgan fingerprint density at radius 1 is 0.917 bits per heavy atom. The van der Waals surface area contributed by atoms with Crippen LogP contribution < -0.4 is 25.4 Å². The number of anilines is 1. The topological polar surface area (TPSA) is 142 Å². The van der Waals surface area contributed by atoms with Gasteiger partial charge in [0.25, 0.3) is 0 Å². The smallest absolute Gasteiger partial charge is 0.329 e. The predicted octanol–water partition coefficient (Wildman–Crippen LogP) is 7.28. The number of rotatable bonds is 21. The minimum Gasteiger partial charge on any atom is -0.494 e. The van der Waals surface area contributed by atoms with E-state index in [4.69, 9.17) is 41.0 Å². The number of carbonyl (C=O) groups excluding carboxylic acids is 3. The second-order valence-electron chi connectivity index (χ2n) is 16.4. The monoisotopic (exact) mass is 848 g/mol. The van der Waals surface area contributed by atoms with Gasteiger partial charge in [0.2, 0.25) is 11.8 Å². The molecule has 0 aliphatic carbocycles. The fraction of sp³-hybridized carbons (Fsp3) is 0.553. The molecule has 0 radical (unpaired) electrons. The molecule has 1 fully saturated rings. The zero-order valence-electron chi connectivity index (χ0n) is 36.2. The number of nitrogens with one attached hydrogen (secondary N) is 1. The maximum atomic E-state index is 14.0. The SMILES string of the molecule is CCCCN1CCOc2ccc(CO[C@H]3CN(C(=O)[C@@H](N)C(C)C)CC(OC(=O)[C@@H](NC(=O)CC)C(C)C)[C@@H]3c3ccc(OCCCOCc4ccccc4Cl)cc3)cc21. The van der Waals surface area contributed by atoms with Gasteiger partial charge in [-0.3, -0.25) is 9.59 Å². The highest BCUT2D eigenvalue weighted by Gasteiger charge is 2.44. The van der Waals surface area contributed by atoms with Crippen molar-refractivity contribution >= 4 is 35.1 Å². The van der Waals surface area contributed by atoms with Crippen LogP contribution >= 0.6 is 11.6 Å². The number of hydrogen-bond acceptors (Lipinski definition) is 10. The van der Waals surface area contributed by atoms with Crippen molar-refractivity contribution in [3.8, 4) is 11.5 Å². The summed E-state index contributed by atoms with van der Waals surface area (Å²) in [6.45, 7) is 15.8. The van der Waals surface area contributed by atoms with Gasteiger partial charge in [-0.25, -0.2) is 4.79 Å². The van der Waals surface area contributed by atoms with Crippen molar-refractivity contribution in [2.75, 3.05) is 50.9 Å². The molecule has 5 atom stereocenters. The fourth-order valence-electron chi connectivity index (χ4n) is 7.47. The van der Waals surface area contributed by atoms with E-state index in [1.807, 2.05) is 88.4 Å². The van der Waals surface area contributed by atoms with E-state index in [2.05, 4.69) is 23.2 Å². The number of nitrogens with two attached hydrogens (primary N) is 1. The largest absolute Gasteiger partial charge is 0.494 e. The van der Waals surface area contributed by atoms with Gasteiger partial charge in [0.05, 0.1) is 63.3 Å². The Bertz CT molecular complexity index is 1840. The molecule has 0 saturated carbocycles. The first-order valence-corrected chi connectivity index (χ1v) is 22.0. The van der Waals surface area contributed by atoms with Crippen LogP contribution in [0, 0.1) is 11.8 Å². The van der Waals surface area contributed by atoms with Crippen molar-refractivity contribution in [3.05, 3.63) is 88.4 Å². The molecule has 12 nitrogen and oxygen atoms in total. The lowest BCUT2D eigenvalue weighted by molar-refractivity contribution is -0.167. The van der Waals surface area contributed by atoms with Crippen molar-refractivity contribution in [2.24, 2.45) is 17.6 Å². The Morgan fingerprint density at radius 3 is 2.37 bits per heavy atom. The normalized spacial score (nSPS) is 18.7. The molecule has 2 amide bonds. The van der Waals surface area contributed by atoms with Gasteiger partial charge in [-0.2, -0.15) is 0 Å². The summed E-state index contributed by atoms with van der Waals surface area (Å²) in [5.74, 6) is -0.355. The second kappa shape index (κ2) is 23.0. The molecular formula is C47H65ClN4O8. The molecule has 0 aromatic heterocycles. The van der Waals surface area contributed by atoms with Crippen LogP contribution in [0.5, 0.6) is 11.5 Å². The van der Waals surface area contributed by atoms with Gasteiger partial charge in [-0.15, -0.1) is 0 Å². The van der Waals surface area contributed by atoms with E-state index in [0.29, 0.717) is 43.6 Å². The quantitative estimate of drug-likeness (QED) is 0.0830. The molecule has 2 heterocycles. The van der Waals surface area contributed by atoms with Crippen LogP contribution in [0.3, 0.4) is 0 Å². The molecule has 3 aromatic carbocycles. The Kier molecular flexibility index (Phi) is 17.9. The minimum absolute atomic E-state index is 0.108. The Labute approximate surface area is 361 Å². The van der Waals surface area contributed by atoms with E-state index >= 15 is 0 Å². The van der Waals surface area contributed by atoms with Gasteiger partial charge in [0.15, 0.2) is 0 Å². The summed E-state index contributed by atoms with van der Waals surface area (Å²) < 4.78 is 31.1. The van der Waals surface area contributed by atoms with E-state index in [-0.39, 0.29) is 49.8 Å². The van der Waals surface area contributed by atoms with Crippen molar-refractivity contribution in [2.45, 2.75) is 111 Å².